The Balaban J connectivity index is 4.56. The van der Waals surface area contributed by atoms with Crippen LogP contribution in [0.25, 0.3) is 0 Å². The summed E-state index contributed by atoms with van der Waals surface area (Å²) in [5.74, 6) is -2.02. The number of nitrogens with zero attached hydrogens (tertiary/aromatic N) is 1. The van der Waals surface area contributed by atoms with Crippen molar-refractivity contribution in [3.8, 4) is 0 Å². The second kappa shape index (κ2) is 31.3. The molecular formula is C38H72NO8+. The van der Waals surface area contributed by atoms with Crippen molar-refractivity contribution in [2.45, 2.75) is 167 Å². The van der Waals surface area contributed by atoms with Gasteiger partial charge in [-0.2, -0.15) is 0 Å². The Morgan fingerprint density at radius 3 is 1.64 bits per heavy atom. The molecule has 276 valence electrons. The molecule has 0 bridgehead atoms. The van der Waals surface area contributed by atoms with Crippen molar-refractivity contribution in [3.63, 3.8) is 0 Å². The second-order valence-electron chi connectivity index (χ2n) is 13.9. The van der Waals surface area contributed by atoms with Crippen molar-refractivity contribution < 1.29 is 42.9 Å². The fourth-order valence-corrected chi connectivity index (χ4v) is 4.99. The lowest BCUT2D eigenvalue weighted by atomic mass is 10.1. The van der Waals surface area contributed by atoms with Crippen molar-refractivity contribution in [3.05, 3.63) is 12.2 Å². The van der Waals surface area contributed by atoms with E-state index in [1.165, 1.54) is 64.2 Å². The van der Waals surface area contributed by atoms with E-state index in [1.807, 2.05) is 21.1 Å². The molecule has 0 saturated carbocycles. The standard InChI is InChI=1S/C38H71NO8/c1-6-8-10-12-14-16-18-20-22-24-26-28-35(40)45-32-34(33-46-38(37(42)43)44-31-30-39(3,4)5)47-36(41)29-27-25-23-21-19-17-15-13-11-9-7-2/h13,15,34,38H,6-12,14,16-33H2,1-5H3/p+1/b15-13-. The van der Waals surface area contributed by atoms with Gasteiger partial charge in [0.15, 0.2) is 6.10 Å². The number of unbranched alkanes of at least 4 members (excludes halogenated alkanes) is 17. The van der Waals surface area contributed by atoms with Crippen molar-refractivity contribution in [2.24, 2.45) is 0 Å². The minimum atomic E-state index is -1.50. The number of esters is 2. The largest absolute Gasteiger partial charge is 0.477 e. The van der Waals surface area contributed by atoms with E-state index in [-0.39, 0.29) is 32.2 Å². The molecule has 0 aromatic heterocycles. The van der Waals surface area contributed by atoms with E-state index >= 15 is 0 Å². The number of ether oxygens (including phenoxy) is 4. The second-order valence-corrected chi connectivity index (χ2v) is 13.9. The molecule has 0 fully saturated rings. The van der Waals surface area contributed by atoms with E-state index < -0.39 is 24.3 Å². The molecule has 0 rings (SSSR count). The SMILES string of the molecule is CCCC/C=C\CCCCCCCC(=O)OC(COC(=O)CCCCCCCCCCCCC)COC(OCC[N+](C)(C)C)C(=O)O. The lowest BCUT2D eigenvalue weighted by Crippen LogP contribution is -2.40. The first-order chi connectivity index (χ1) is 22.6. The molecule has 1 N–H and O–H groups in total. The molecule has 9 heteroatoms. The highest BCUT2D eigenvalue weighted by Gasteiger charge is 2.25. The number of hydrogen-bond donors (Lipinski definition) is 1. The Labute approximate surface area is 287 Å². The summed E-state index contributed by atoms with van der Waals surface area (Å²) in [4.78, 5) is 36.8. The summed E-state index contributed by atoms with van der Waals surface area (Å²) in [6.07, 6.45) is 25.5. The highest BCUT2D eigenvalue weighted by molar-refractivity contribution is 5.71. The minimum Gasteiger partial charge on any atom is -0.477 e. The van der Waals surface area contributed by atoms with E-state index in [4.69, 9.17) is 18.9 Å². The lowest BCUT2D eigenvalue weighted by Gasteiger charge is -2.25. The molecular weight excluding hydrogens is 598 g/mol. The molecule has 0 aromatic rings. The molecule has 0 spiro atoms. The maximum Gasteiger partial charge on any atom is 0.361 e. The van der Waals surface area contributed by atoms with Crippen molar-refractivity contribution in [1.82, 2.24) is 0 Å². The molecule has 0 heterocycles. The molecule has 2 atom stereocenters. The zero-order valence-corrected chi connectivity index (χ0v) is 30.9. The smallest absolute Gasteiger partial charge is 0.361 e. The van der Waals surface area contributed by atoms with Gasteiger partial charge in [0.05, 0.1) is 34.4 Å². The summed E-state index contributed by atoms with van der Waals surface area (Å²) in [5, 5.41) is 9.56. The third kappa shape index (κ3) is 32.4. The number of carboxylic acids is 1. The summed E-state index contributed by atoms with van der Waals surface area (Å²) in [5.41, 5.74) is 0. The molecule has 2 unspecified atom stereocenters. The predicted molar refractivity (Wildman–Crippen MR) is 189 cm³/mol. The average Bonchev–Trinajstić information content (AvgIpc) is 3.02. The zero-order valence-electron chi connectivity index (χ0n) is 30.9. The number of quaternary nitrogens is 1. The van der Waals surface area contributed by atoms with Gasteiger partial charge >= 0.3 is 17.9 Å². The first kappa shape index (κ1) is 45.0. The molecule has 0 aliphatic heterocycles. The zero-order chi connectivity index (χ0) is 35.0. The summed E-state index contributed by atoms with van der Waals surface area (Å²) < 4.78 is 22.6. The molecule has 0 aliphatic carbocycles. The van der Waals surface area contributed by atoms with E-state index in [0.29, 0.717) is 23.9 Å². The quantitative estimate of drug-likeness (QED) is 0.0238. The minimum absolute atomic E-state index is 0.181. The molecule has 0 saturated heterocycles. The van der Waals surface area contributed by atoms with E-state index in [9.17, 15) is 19.5 Å². The monoisotopic (exact) mass is 671 g/mol. The number of hydrogen-bond acceptors (Lipinski definition) is 7. The van der Waals surface area contributed by atoms with Crippen molar-refractivity contribution >= 4 is 17.9 Å². The van der Waals surface area contributed by atoms with Gasteiger partial charge in [-0.1, -0.05) is 122 Å². The average molecular weight is 671 g/mol. The Bertz CT molecular complexity index is 795. The third-order valence-electron chi connectivity index (χ3n) is 8.02. The van der Waals surface area contributed by atoms with Crippen LogP contribution in [0, 0.1) is 0 Å². The summed E-state index contributed by atoms with van der Waals surface area (Å²) in [7, 11) is 5.94. The first-order valence-electron chi connectivity index (χ1n) is 18.9. The van der Waals surface area contributed by atoms with Crippen molar-refractivity contribution in [1.29, 1.82) is 0 Å². The van der Waals surface area contributed by atoms with Gasteiger partial charge in [-0.15, -0.1) is 0 Å². The van der Waals surface area contributed by atoms with Gasteiger partial charge in [0.2, 0.25) is 0 Å². The molecule has 9 nitrogen and oxygen atoms in total. The van der Waals surface area contributed by atoms with E-state index in [1.54, 1.807) is 0 Å². The van der Waals surface area contributed by atoms with E-state index in [0.717, 1.165) is 57.8 Å². The number of likely N-dealkylation sites (N-methyl/N-ethyl adjacent to an activating group) is 1. The number of carbonyl (C=O) groups excluding carboxylic acids is 2. The van der Waals surface area contributed by atoms with Crippen LogP contribution in [0.4, 0.5) is 0 Å². The summed E-state index contributed by atoms with van der Waals surface area (Å²) in [6.45, 7) is 4.79. The van der Waals surface area contributed by atoms with Crippen LogP contribution in [0.2, 0.25) is 0 Å². The van der Waals surface area contributed by atoms with E-state index in [2.05, 4.69) is 26.0 Å². The normalized spacial score (nSPS) is 13.1. The molecule has 0 amide bonds. The number of aliphatic carboxylic acids is 1. The number of allylic oxidation sites excluding steroid dienone is 2. The van der Waals surface area contributed by atoms with Crippen LogP contribution in [0.3, 0.4) is 0 Å². The maximum absolute atomic E-state index is 12.6. The summed E-state index contributed by atoms with van der Waals surface area (Å²) >= 11 is 0. The van der Waals surface area contributed by atoms with Gasteiger partial charge in [0, 0.05) is 12.8 Å². The van der Waals surface area contributed by atoms with Gasteiger partial charge in [-0.25, -0.2) is 4.79 Å². The van der Waals surface area contributed by atoms with Crippen LogP contribution in [-0.4, -0.2) is 87.4 Å². The van der Waals surface area contributed by atoms with Crippen LogP contribution in [0.1, 0.15) is 155 Å². The van der Waals surface area contributed by atoms with Crippen molar-refractivity contribution in [2.75, 3.05) is 47.5 Å². The Morgan fingerprint density at radius 2 is 1.11 bits per heavy atom. The number of rotatable bonds is 34. The van der Waals surface area contributed by atoms with Crippen LogP contribution in [0.15, 0.2) is 12.2 Å². The Kier molecular flexibility index (Phi) is 30.0. The molecule has 0 aliphatic rings. The Morgan fingerprint density at radius 1 is 0.617 bits per heavy atom. The Hall–Kier alpha value is -1.97. The maximum atomic E-state index is 12.6. The van der Waals surface area contributed by atoms with Gasteiger partial charge in [0.25, 0.3) is 6.29 Å². The number of carbonyl (C=O) groups is 3. The molecule has 47 heavy (non-hydrogen) atoms. The van der Waals surface area contributed by atoms with Crippen LogP contribution in [-0.2, 0) is 33.3 Å². The predicted octanol–water partition coefficient (Wildman–Crippen LogP) is 8.77. The van der Waals surface area contributed by atoms with Gasteiger partial charge in [-0.05, 0) is 32.1 Å². The fraction of sp³-hybridized carbons (Fsp3) is 0.868. The number of carboxylic acid groups (broad SMARTS) is 1. The van der Waals surface area contributed by atoms with Gasteiger partial charge in [0.1, 0.15) is 13.2 Å². The molecule has 0 radical (unpaired) electrons. The fourth-order valence-electron chi connectivity index (χ4n) is 4.99. The third-order valence-corrected chi connectivity index (χ3v) is 8.02. The van der Waals surface area contributed by atoms with Crippen LogP contribution < -0.4 is 0 Å². The van der Waals surface area contributed by atoms with Gasteiger partial charge in [-0.3, -0.25) is 9.59 Å². The highest BCUT2D eigenvalue weighted by atomic mass is 16.7. The summed E-state index contributed by atoms with van der Waals surface area (Å²) in [6, 6.07) is 0. The molecule has 0 aromatic carbocycles. The lowest BCUT2D eigenvalue weighted by molar-refractivity contribution is -0.870. The van der Waals surface area contributed by atoms with Crippen LogP contribution >= 0.6 is 0 Å². The highest BCUT2D eigenvalue weighted by Crippen LogP contribution is 2.13. The topological polar surface area (TPSA) is 108 Å². The van der Waals surface area contributed by atoms with Gasteiger partial charge < -0.3 is 28.5 Å². The first-order valence-corrected chi connectivity index (χ1v) is 18.9. The van der Waals surface area contributed by atoms with Crippen LogP contribution in [0.5, 0.6) is 0 Å².